The van der Waals surface area contributed by atoms with E-state index in [0.717, 1.165) is 22.1 Å². The molecule has 0 aliphatic carbocycles. The minimum absolute atomic E-state index is 0.00193. The molecule has 3 aromatic rings. The van der Waals surface area contributed by atoms with E-state index in [9.17, 15) is 13.2 Å². The Labute approximate surface area is 158 Å². The topological polar surface area (TPSA) is 102 Å². The van der Waals surface area contributed by atoms with Crippen molar-refractivity contribution in [3.8, 4) is 0 Å². The average Bonchev–Trinajstić information content (AvgIpc) is 2.95. The summed E-state index contributed by atoms with van der Waals surface area (Å²) in [5.74, 6) is 0.163. The molecule has 0 saturated carbocycles. The first-order valence-electron chi connectivity index (χ1n) is 8.58. The molecule has 0 radical (unpaired) electrons. The van der Waals surface area contributed by atoms with Gasteiger partial charge >= 0.3 is 0 Å². The molecule has 0 spiro atoms. The van der Waals surface area contributed by atoms with Gasteiger partial charge in [-0.3, -0.25) is 4.79 Å². The van der Waals surface area contributed by atoms with Crippen LogP contribution in [0.25, 0.3) is 11.0 Å². The zero-order chi connectivity index (χ0) is 19.8. The van der Waals surface area contributed by atoms with Gasteiger partial charge in [-0.2, -0.15) is 0 Å². The van der Waals surface area contributed by atoms with Crippen molar-refractivity contribution < 1.29 is 17.6 Å². The van der Waals surface area contributed by atoms with Crippen LogP contribution in [0.2, 0.25) is 0 Å². The summed E-state index contributed by atoms with van der Waals surface area (Å²) in [6.45, 7) is 6.31. The molecule has 1 aromatic heterocycles. The number of nitrogens with two attached hydrogens (primary N) is 1. The molecule has 0 fully saturated rings. The molecule has 0 atom stereocenters. The van der Waals surface area contributed by atoms with Gasteiger partial charge < -0.3 is 9.73 Å². The third-order valence-corrected chi connectivity index (χ3v) is 5.41. The van der Waals surface area contributed by atoms with Crippen molar-refractivity contribution >= 4 is 32.6 Å². The van der Waals surface area contributed by atoms with E-state index in [1.54, 1.807) is 6.26 Å². The van der Waals surface area contributed by atoms with Crippen molar-refractivity contribution in [1.29, 1.82) is 0 Å². The first-order chi connectivity index (χ1) is 12.6. The van der Waals surface area contributed by atoms with Crippen molar-refractivity contribution in [3.63, 3.8) is 0 Å². The van der Waals surface area contributed by atoms with Gasteiger partial charge in [-0.25, -0.2) is 13.6 Å². The van der Waals surface area contributed by atoms with Crippen molar-refractivity contribution in [3.05, 3.63) is 59.4 Å². The lowest BCUT2D eigenvalue weighted by molar-refractivity contribution is -0.115. The second-order valence-corrected chi connectivity index (χ2v) is 8.48. The van der Waals surface area contributed by atoms with Crippen LogP contribution in [0.3, 0.4) is 0 Å². The first kappa shape index (κ1) is 19.1. The van der Waals surface area contributed by atoms with Gasteiger partial charge in [-0.1, -0.05) is 13.8 Å². The summed E-state index contributed by atoms with van der Waals surface area (Å²) in [5, 5.41) is 8.76. The Morgan fingerprint density at radius 1 is 1.19 bits per heavy atom. The molecule has 27 heavy (non-hydrogen) atoms. The highest BCUT2D eigenvalue weighted by Crippen LogP contribution is 2.29. The van der Waals surface area contributed by atoms with E-state index in [2.05, 4.69) is 32.2 Å². The second kappa shape index (κ2) is 7.17. The molecule has 1 amide bonds. The normalized spacial score (nSPS) is 11.9. The third-order valence-electron chi connectivity index (χ3n) is 4.48. The number of nitrogens with one attached hydrogen (secondary N) is 1. The molecule has 6 nitrogen and oxygen atoms in total. The number of primary sulfonamides is 1. The van der Waals surface area contributed by atoms with Crippen LogP contribution in [0.4, 0.5) is 5.69 Å². The lowest BCUT2D eigenvalue weighted by Gasteiger charge is -2.10. The van der Waals surface area contributed by atoms with Gasteiger partial charge in [0.1, 0.15) is 5.58 Å². The quantitative estimate of drug-likeness (QED) is 0.698. The van der Waals surface area contributed by atoms with Crippen LogP contribution in [0.15, 0.2) is 52.0 Å². The van der Waals surface area contributed by atoms with Gasteiger partial charge in [-0.05, 0) is 60.4 Å². The van der Waals surface area contributed by atoms with Crippen LogP contribution in [0, 0.1) is 6.92 Å². The lowest BCUT2D eigenvalue weighted by atomic mass is 9.95. The van der Waals surface area contributed by atoms with Crippen LogP contribution in [0.1, 0.15) is 36.5 Å². The molecular formula is C20H22N2O4S. The molecule has 142 valence electrons. The zero-order valence-corrected chi connectivity index (χ0v) is 16.3. The van der Waals surface area contributed by atoms with Gasteiger partial charge in [-0.15, -0.1) is 0 Å². The van der Waals surface area contributed by atoms with Gasteiger partial charge in [0.2, 0.25) is 15.9 Å². The fraction of sp³-hybridized carbons (Fsp3) is 0.250. The van der Waals surface area contributed by atoms with Crippen LogP contribution in [-0.2, 0) is 21.2 Å². The predicted molar refractivity (Wildman–Crippen MR) is 105 cm³/mol. The molecule has 0 aliphatic heterocycles. The Bertz CT molecular complexity index is 1100. The van der Waals surface area contributed by atoms with Gasteiger partial charge in [0.15, 0.2) is 0 Å². The number of carbonyl (C=O) groups is 1. The summed E-state index contributed by atoms with van der Waals surface area (Å²) >= 11 is 0. The minimum Gasteiger partial charge on any atom is -0.464 e. The van der Waals surface area contributed by atoms with E-state index in [1.165, 1.54) is 29.8 Å². The summed E-state index contributed by atoms with van der Waals surface area (Å²) in [4.78, 5) is 12.4. The molecular weight excluding hydrogens is 364 g/mol. The molecule has 0 saturated heterocycles. The number of sulfonamides is 1. The second-order valence-electron chi connectivity index (χ2n) is 6.91. The highest BCUT2D eigenvalue weighted by Gasteiger charge is 2.14. The van der Waals surface area contributed by atoms with E-state index in [0.29, 0.717) is 11.6 Å². The predicted octanol–water partition coefficient (Wildman–Crippen LogP) is 3.69. The Kier molecular flexibility index (Phi) is 5.08. The van der Waals surface area contributed by atoms with Crippen LogP contribution >= 0.6 is 0 Å². The van der Waals surface area contributed by atoms with E-state index >= 15 is 0 Å². The maximum absolute atomic E-state index is 12.4. The smallest absolute Gasteiger partial charge is 0.238 e. The lowest BCUT2D eigenvalue weighted by Crippen LogP contribution is -2.15. The SMILES string of the molecule is Cc1cc2occ(CC(=O)Nc3ccc(S(N)(=O)=O)cc3)c2cc1C(C)C. The molecule has 1 heterocycles. The number of hydrogen-bond donors (Lipinski definition) is 2. The maximum Gasteiger partial charge on any atom is 0.238 e. The van der Waals surface area contributed by atoms with E-state index in [1.807, 2.05) is 6.07 Å². The van der Waals surface area contributed by atoms with E-state index in [-0.39, 0.29) is 17.2 Å². The van der Waals surface area contributed by atoms with E-state index < -0.39 is 10.0 Å². The number of amides is 1. The van der Waals surface area contributed by atoms with E-state index in [4.69, 9.17) is 9.56 Å². The summed E-state index contributed by atoms with van der Waals surface area (Å²) in [6.07, 6.45) is 1.77. The zero-order valence-electron chi connectivity index (χ0n) is 15.4. The Morgan fingerprint density at radius 2 is 1.85 bits per heavy atom. The first-order valence-corrected chi connectivity index (χ1v) is 10.1. The van der Waals surface area contributed by atoms with Crippen LogP contribution < -0.4 is 10.5 Å². The highest BCUT2D eigenvalue weighted by molar-refractivity contribution is 7.89. The number of carbonyl (C=O) groups excluding carboxylic acids is 1. The number of aryl methyl sites for hydroxylation is 1. The average molecular weight is 386 g/mol. The molecule has 0 unspecified atom stereocenters. The molecule has 3 rings (SSSR count). The van der Waals surface area contributed by atoms with Gasteiger partial charge in [0.25, 0.3) is 0 Å². The van der Waals surface area contributed by atoms with Crippen LogP contribution in [-0.4, -0.2) is 14.3 Å². The van der Waals surface area contributed by atoms with Crippen LogP contribution in [0.5, 0.6) is 0 Å². The summed E-state index contributed by atoms with van der Waals surface area (Å²) < 4.78 is 28.2. The summed E-state index contributed by atoms with van der Waals surface area (Å²) in [7, 11) is -3.75. The molecule has 2 aromatic carbocycles. The maximum atomic E-state index is 12.4. The highest BCUT2D eigenvalue weighted by atomic mass is 32.2. The molecule has 0 aliphatic rings. The number of benzene rings is 2. The van der Waals surface area contributed by atoms with Gasteiger partial charge in [0, 0.05) is 16.6 Å². The number of hydrogen-bond acceptors (Lipinski definition) is 4. The number of fused-ring (bicyclic) bond motifs is 1. The number of furan rings is 1. The fourth-order valence-corrected chi connectivity index (χ4v) is 3.63. The molecule has 0 bridgehead atoms. The Hall–Kier alpha value is -2.64. The van der Waals surface area contributed by atoms with Crippen molar-refractivity contribution in [2.24, 2.45) is 5.14 Å². The third kappa shape index (κ3) is 4.20. The largest absolute Gasteiger partial charge is 0.464 e. The fourth-order valence-electron chi connectivity index (χ4n) is 3.11. The van der Waals surface area contributed by atoms with Crippen molar-refractivity contribution in [2.75, 3.05) is 5.32 Å². The summed E-state index contributed by atoms with van der Waals surface area (Å²) in [6, 6.07) is 9.81. The number of anilines is 1. The Morgan fingerprint density at radius 3 is 2.44 bits per heavy atom. The Balaban J connectivity index is 1.79. The number of rotatable bonds is 5. The monoisotopic (exact) mass is 386 g/mol. The standard InChI is InChI=1S/C20H22N2O4S/c1-12(2)17-10-18-14(11-26-19(18)8-13(17)3)9-20(23)22-15-4-6-16(7-5-15)27(21,24)25/h4-8,10-12H,9H2,1-3H3,(H,22,23)(H2,21,24,25). The molecule has 7 heteroatoms. The minimum atomic E-state index is -3.75. The summed E-state index contributed by atoms with van der Waals surface area (Å²) in [5.41, 5.74) is 4.46. The van der Waals surface area contributed by atoms with Crippen molar-refractivity contribution in [1.82, 2.24) is 0 Å². The molecule has 3 N–H and O–H groups in total. The van der Waals surface area contributed by atoms with Crippen molar-refractivity contribution in [2.45, 2.75) is 38.0 Å². The van der Waals surface area contributed by atoms with Gasteiger partial charge in [0.05, 0.1) is 17.6 Å².